The zero-order valence-corrected chi connectivity index (χ0v) is 18.9. The molecule has 0 radical (unpaired) electrons. The van der Waals surface area contributed by atoms with Crippen LogP contribution in [0.15, 0.2) is 44.0 Å². The average Bonchev–Trinajstić information content (AvgIpc) is 3.43. The molecule has 34 heavy (non-hydrogen) atoms. The molecule has 180 valence electrons. The third-order valence-corrected chi connectivity index (χ3v) is 5.44. The van der Waals surface area contributed by atoms with Gasteiger partial charge in [-0.05, 0) is 25.5 Å². The van der Waals surface area contributed by atoms with E-state index in [0.717, 1.165) is 6.07 Å². The van der Waals surface area contributed by atoms with E-state index < -0.39 is 23.6 Å². The van der Waals surface area contributed by atoms with E-state index in [4.69, 9.17) is 18.5 Å². The Kier molecular flexibility index (Phi) is 6.62. The van der Waals surface area contributed by atoms with Crippen molar-refractivity contribution < 1.29 is 31.7 Å². The molecule has 9 nitrogen and oxygen atoms in total. The highest BCUT2D eigenvalue weighted by Gasteiger charge is 2.44. The van der Waals surface area contributed by atoms with Crippen molar-refractivity contribution in [2.45, 2.75) is 45.1 Å². The average molecular weight is 477 g/mol. The number of ether oxygens (including phenoxy) is 2. The van der Waals surface area contributed by atoms with E-state index in [-0.39, 0.29) is 42.2 Å². The lowest BCUT2D eigenvalue weighted by Gasteiger charge is -2.32. The van der Waals surface area contributed by atoms with Gasteiger partial charge in [0.15, 0.2) is 5.82 Å². The molecule has 0 spiro atoms. The zero-order valence-electron chi connectivity index (χ0n) is 18.9. The van der Waals surface area contributed by atoms with Crippen LogP contribution in [0.3, 0.4) is 0 Å². The summed E-state index contributed by atoms with van der Waals surface area (Å²) in [4.78, 5) is 13.3. The van der Waals surface area contributed by atoms with E-state index in [1.165, 1.54) is 26.4 Å². The maximum Gasteiger partial charge on any atom is 0.416 e. The van der Waals surface area contributed by atoms with Crippen LogP contribution in [-0.2, 0) is 28.9 Å². The van der Waals surface area contributed by atoms with E-state index in [1.807, 2.05) is 0 Å². The molecule has 0 fully saturated rings. The number of allylic oxidation sites excluding steroid dienone is 2. The van der Waals surface area contributed by atoms with Gasteiger partial charge in [-0.15, -0.1) is 0 Å². The molecule has 2 atom stereocenters. The number of nitrogens with zero attached hydrogens (tertiary/aromatic N) is 5. The first kappa shape index (κ1) is 23.8. The molecular formula is C22H22F3N5O4. The number of aromatic nitrogens is 4. The number of hydrogen-bond donors (Lipinski definition) is 0. The number of aliphatic imine (C=N–C) groups is 1. The molecule has 1 aromatic carbocycles. The van der Waals surface area contributed by atoms with Gasteiger partial charge in [0, 0.05) is 37.1 Å². The molecule has 4 rings (SSSR count). The highest BCUT2D eigenvalue weighted by Crippen LogP contribution is 2.50. The number of benzene rings is 1. The Hall–Kier alpha value is -3.38. The van der Waals surface area contributed by atoms with Crippen molar-refractivity contribution in [3.8, 4) is 0 Å². The quantitative estimate of drug-likeness (QED) is 0.488. The first-order chi connectivity index (χ1) is 16.2. The topological polar surface area (TPSA) is 109 Å². The van der Waals surface area contributed by atoms with Crippen LogP contribution < -0.4 is 0 Å². The van der Waals surface area contributed by atoms with Crippen LogP contribution in [0.1, 0.15) is 60.2 Å². The van der Waals surface area contributed by atoms with E-state index in [2.05, 4.69) is 25.3 Å². The molecule has 2 unspecified atom stereocenters. The van der Waals surface area contributed by atoms with Gasteiger partial charge in [0.05, 0.1) is 11.5 Å². The predicted octanol–water partition coefficient (Wildman–Crippen LogP) is 4.54. The summed E-state index contributed by atoms with van der Waals surface area (Å²) >= 11 is 0. The summed E-state index contributed by atoms with van der Waals surface area (Å²) in [7, 11) is 2.94. The van der Waals surface area contributed by atoms with Gasteiger partial charge in [-0.3, -0.25) is 4.99 Å². The van der Waals surface area contributed by atoms with Crippen molar-refractivity contribution in [3.63, 3.8) is 0 Å². The first-order valence-corrected chi connectivity index (χ1v) is 10.3. The summed E-state index contributed by atoms with van der Waals surface area (Å²) in [6, 6.07) is 5.37. The van der Waals surface area contributed by atoms with Crippen molar-refractivity contribution in [2.24, 2.45) is 4.99 Å². The van der Waals surface area contributed by atoms with Gasteiger partial charge in [-0.1, -0.05) is 28.5 Å². The summed E-state index contributed by atoms with van der Waals surface area (Å²) in [6.07, 6.45) is -4.60. The van der Waals surface area contributed by atoms with E-state index in [1.54, 1.807) is 19.9 Å². The fraction of sp³-hybridized carbons (Fsp3) is 0.409. The van der Waals surface area contributed by atoms with Gasteiger partial charge in [-0.25, -0.2) is 0 Å². The summed E-state index contributed by atoms with van der Waals surface area (Å²) in [5, 5.41) is 8.03. The van der Waals surface area contributed by atoms with E-state index >= 15 is 0 Å². The first-order valence-electron chi connectivity index (χ1n) is 10.3. The minimum absolute atomic E-state index is 0.0137. The van der Waals surface area contributed by atoms with Crippen LogP contribution in [0, 0.1) is 0 Å². The highest BCUT2D eigenvalue weighted by atomic mass is 19.4. The number of halogens is 3. The van der Waals surface area contributed by atoms with Crippen molar-refractivity contribution >= 4 is 11.3 Å². The summed E-state index contributed by atoms with van der Waals surface area (Å²) in [5.74, 6) is -1.01. The van der Waals surface area contributed by atoms with Gasteiger partial charge < -0.3 is 18.5 Å². The molecule has 0 aliphatic carbocycles. The number of rotatable bonds is 7. The Morgan fingerprint density at radius 3 is 2.24 bits per heavy atom. The summed E-state index contributed by atoms with van der Waals surface area (Å²) in [5.41, 5.74) is 0.581. The Morgan fingerprint density at radius 2 is 1.56 bits per heavy atom. The molecule has 3 heterocycles. The molecule has 0 N–H and O–H groups in total. The molecule has 0 amide bonds. The SMILES string of the molecule is COCc1nc(C2=C(C)N=C(C)C(c3noc(COC)n3)C2c2ccccc2C(F)(F)F)no1. The van der Waals surface area contributed by atoms with Crippen LogP contribution in [0.4, 0.5) is 13.2 Å². The Balaban J connectivity index is 1.94. The molecule has 1 aliphatic rings. The molecule has 0 saturated carbocycles. The minimum Gasteiger partial charge on any atom is -0.375 e. The number of methoxy groups -OCH3 is 2. The molecule has 2 aromatic heterocycles. The Labute approximate surface area is 192 Å². The standard InChI is InChI=1S/C22H22F3N5O4/c1-11-17(20-27-15(9-31-3)33-29-20)19(13-7-5-6-8-14(13)22(23,24)25)18(12(2)26-11)21-28-16(10-32-4)34-30-21/h5-8,17,19H,9-10H2,1-4H3. The van der Waals surface area contributed by atoms with Gasteiger partial charge >= 0.3 is 6.18 Å². The third kappa shape index (κ3) is 4.50. The van der Waals surface area contributed by atoms with Crippen molar-refractivity contribution in [3.05, 3.63) is 64.5 Å². The maximum atomic E-state index is 14.1. The van der Waals surface area contributed by atoms with E-state index in [0.29, 0.717) is 17.0 Å². The lowest BCUT2D eigenvalue weighted by molar-refractivity contribution is -0.138. The van der Waals surface area contributed by atoms with E-state index in [9.17, 15) is 13.2 Å². The van der Waals surface area contributed by atoms with Crippen molar-refractivity contribution in [1.82, 2.24) is 20.3 Å². The number of alkyl halides is 3. The van der Waals surface area contributed by atoms with Crippen molar-refractivity contribution in [1.29, 1.82) is 0 Å². The van der Waals surface area contributed by atoms with Crippen molar-refractivity contribution in [2.75, 3.05) is 14.2 Å². The van der Waals surface area contributed by atoms with Crippen LogP contribution in [0.5, 0.6) is 0 Å². The predicted molar refractivity (Wildman–Crippen MR) is 113 cm³/mol. The van der Waals surface area contributed by atoms with Gasteiger partial charge in [0.1, 0.15) is 13.2 Å². The monoisotopic (exact) mass is 477 g/mol. The molecule has 0 saturated heterocycles. The molecule has 3 aromatic rings. The molecule has 0 bridgehead atoms. The lowest BCUT2D eigenvalue weighted by Crippen LogP contribution is -2.27. The second-order valence-corrected chi connectivity index (χ2v) is 7.72. The normalized spacial score (nSPS) is 19.0. The van der Waals surface area contributed by atoms with Gasteiger partial charge in [-0.2, -0.15) is 23.1 Å². The third-order valence-electron chi connectivity index (χ3n) is 5.44. The molecular weight excluding hydrogens is 455 g/mol. The molecule has 12 heteroatoms. The van der Waals surface area contributed by atoms with Crippen LogP contribution in [0.2, 0.25) is 0 Å². The van der Waals surface area contributed by atoms with Gasteiger partial charge in [0.25, 0.3) is 11.8 Å². The summed E-state index contributed by atoms with van der Waals surface area (Å²) in [6.45, 7) is 3.52. The highest BCUT2D eigenvalue weighted by molar-refractivity contribution is 5.96. The Morgan fingerprint density at radius 1 is 0.912 bits per heavy atom. The smallest absolute Gasteiger partial charge is 0.375 e. The van der Waals surface area contributed by atoms with Crippen LogP contribution >= 0.6 is 0 Å². The number of hydrogen-bond acceptors (Lipinski definition) is 9. The van der Waals surface area contributed by atoms with Crippen LogP contribution in [0.25, 0.3) is 5.57 Å². The second kappa shape index (κ2) is 9.47. The molecule has 1 aliphatic heterocycles. The summed E-state index contributed by atoms with van der Waals surface area (Å²) < 4.78 is 62.8. The fourth-order valence-corrected chi connectivity index (χ4v) is 4.15. The van der Waals surface area contributed by atoms with Gasteiger partial charge in [0.2, 0.25) is 5.82 Å². The van der Waals surface area contributed by atoms with Crippen LogP contribution in [-0.4, -0.2) is 40.2 Å². The maximum absolute atomic E-state index is 14.1. The lowest BCUT2D eigenvalue weighted by atomic mass is 9.73. The Bertz CT molecular complexity index is 1230. The largest absolute Gasteiger partial charge is 0.416 e. The second-order valence-electron chi connectivity index (χ2n) is 7.72. The fourth-order valence-electron chi connectivity index (χ4n) is 4.15. The zero-order chi connectivity index (χ0) is 24.5. The minimum atomic E-state index is -4.60.